The molecule has 7 nitrogen and oxygen atoms in total. The van der Waals surface area contributed by atoms with E-state index in [2.05, 4.69) is 20.6 Å². The summed E-state index contributed by atoms with van der Waals surface area (Å²) >= 11 is 0. The molecule has 2 heterocycles. The number of ether oxygens (including phenoxy) is 1. The molecule has 0 aliphatic carbocycles. The number of carbonyl (C=O) groups excluding carboxylic acids is 2. The largest absolute Gasteiger partial charge is 0.481 e. The van der Waals surface area contributed by atoms with Crippen LogP contribution in [-0.2, 0) is 4.79 Å². The Morgan fingerprint density at radius 1 is 0.926 bits per heavy atom. The first-order chi connectivity index (χ1) is 13.0. The van der Waals surface area contributed by atoms with Crippen molar-refractivity contribution in [3.05, 3.63) is 66.5 Å². The first kappa shape index (κ1) is 18.1. The summed E-state index contributed by atoms with van der Waals surface area (Å²) in [6.07, 6.45) is 1.64. The monoisotopic (exact) mass is 362 g/mol. The van der Waals surface area contributed by atoms with E-state index < -0.39 is 0 Å². The molecule has 0 aliphatic heterocycles. The molecule has 1 aromatic carbocycles. The second-order valence-electron chi connectivity index (χ2n) is 5.71. The number of pyridine rings is 2. The van der Waals surface area contributed by atoms with Crippen LogP contribution in [-0.4, -0.2) is 28.9 Å². The van der Waals surface area contributed by atoms with E-state index in [0.717, 1.165) is 5.56 Å². The summed E-state index contributed by atoms with van der Waals surface area (Å²) < 4.78 is 5.04. The predicted molar refractivity (Wildman–Crippen MR) is 103 cm³/mol. The number of aromatic nitrogens is 2. The third-order valence-corrected chi connectivity index (χ3v) is 3.69. The molecule has 27 heavy (non-hydrogen) atoms. The third kappa shape index (κ3) is 4.66. The Balaban J connectivity index is 1.74. The first-order valence-electron chi connectivity index (χ1n) is 8.21. The van der Waals surface area contributed by atoms with E-state index in [9.17, 15) is 9.59 Å². The lowest BCUT2D eigenvalue weighted by Gasteiger charge is -2.08. The minimum Gasteiger partial charge on any atom is -0.481 e. The number of anilines is 2. The van der Waals surface area contributed by atoms with Gasteiger partial charge in [0.2, 0.25) is 11.8 Å². The topological polar surface area (TPSA) is 93.2 Å². The van der Waals surface area contributed by atoms with Gasteiger partial charge in [-0.15, -0.1) is 0 Å². The maximum atomic E-state index is 12.5. The van der Waals surface area contributed by atoms with Crippen LogP contribution in [0.4, 0.5) is 11.4 Å². The summed E-state index contributed by atoms with van der Waals surface area (Å²) in [5.41, 5.74) is 2.97. The Bertz CT molecular complexity index is 954. The van der Waals surface area contributed by atoms with E-state index >= 15 is 0 Å². The van der Waals surface area contributed by atoms with Gasteiger partial charge in [-0.3, -0.25) is 9.59 Å². The zero-order valence-electron chi connectivity index (χ0n) is 14.9. The van der Waals surface area contributed by atoms with E-state index in [1.54, 1.807) is 55.8 Å². The van der Waals surface area contributed by atoms with Gasteiger partial charge < -0.3 is 15.4 Å². The van der Waals surface area contributed by atoms with Crippen LogP contribution < -0.4 is 15.4 Å². The smallest absolute Gasteiger partial charge is 0.274 e. The number of rotatable bonds is 5. The lowest BCUT2D eigenvalue weighted by Crippen LogP contribution is -2.14. The van der Waals surface area contributed by atoms with Gasteiger partial charge in [0.05, 0.1) is 12.8 Å². The average molecular weight is 362 g/mol. The third-order valence-electron chi connectivity index (χ3n) is 3.69. The van der Waals surface area contributed by atoms with Crippen LogP contribution in [0.15, 0.2) is 60.8 Å². The Labute approximate surface area is 156 Å². The van der Waals surface area contributed by atoms with E-state index in [4.69, 9.17) is 4.74 Å². The molecule has 3 rings (SSSR count). The zero-order chi connectivity index (χ0) is 19.2. The maximum absolute atomic E-state index is 12.5. The van der Waals surface area contributed by atoms with Crippen molar-refractivity contribution in [1.29, 1.82) is 0 Å². The molecule has 0 saturated carbocycles. The Kier molecular flexibility index (Phi) is 5.41. The molecular formula is C20H18N4O3. The normalized spacial score (nSPS) is 10.1. The predicted octanol–water partition coefficient (Wildman–Crippen LogP) is 3.36. The van der Waals surface area contributed by atoms with Crippen molar-refractivity contribution in [2.24, 2.45) is 0 Å². The molecule has 0 radical (unpaired) electrons. The second-order valence-corrected chi connectivity index (χ2v) is 5.71. The number of amides is 2. The number of benzene rings is 1. The number of nitrogens with zero attached hydrogens (tertiary/aromatic N) is 2. The number of hydrogen-bond acceptors (Lipinski definition) is 5. The highest BCUT2D eigenvalue weighted by atomic mass is 16.5. The molecule has 0 fully saturated rings. The van der Waals surface area contributed by atoms with E-state index in [1.807, 2.05) is 12.1 Å². The van der Waals surface area contributed by atoms with Gasteiger partial charge in [0.25, 0.3) is 5.91 Å². The fraction of sp³-hybridized carbons (Fsp3) is 0.100. The molecular weight excluding hydrogens is 344 g/mol. The molecule has 136 valence electrons. The highest BCUT2D eigenvalue weighted by molar-refractivity contribution is 6.03. The molecule has 2 N–H and O–H groups in total. The summed E-state index contributed by atoms with van der Waals surface area (Å²) in [7, 11) is 1.55. The van der Waals surface area contributed by atoms with Gasteiger partial charge in [-0.2, -0.15) is 0 Å². The van der Waals surface area contributed by atoms with Gasteiger partial charge in [-0.05, 0) is 42.5 Å². The molecule has 2 amide bonds. The van der Waals surface area contributed by atoms with Crippen molar-refractivity contribution in [1.82, 2.24) is 9.97 Å². The van der Waals surface area contributed by atoms with Gasteiger partial charge in [0, 0.05) is 36.1 Å². The molecule has 7 heteroatoms. The number of nitrogens with one attached hydrogen (secondary N) is 2. The van der Waals surface area contributed by atoms with Crippen LogP contribution in [0, 0.1) is 0 Å². The van der Waals surface area contributed by atoms with Crippen LogP contribution >= 0.6 is 0 Å². The number of carbonyl (C=O) groups is 2. The maximum Gasteiger partial charge on any atom is 0.274 e. The highest BCUT2D eigenvalue weighted by Gasteiger charge is 2.10. The van der Waals surface area contributed by atoms with Gasteiger partial charge in [-0.25, -0.2) is 9.97 Å². The highest BCUT2D eigenvalue weighted by Crippen LogP contribution is 2.19. The van der Waals surface area contributed by atoms with Crippen LogP contribution in [0.2, 0.25) is 0 Å². The lowest BCUT2D eigenvalue weighted by molar-refractivity contribution is -0.114. The van der Waals surface area contributed by atoms with Crippen LogP contribution in [0.3, 0.4) is 0 Å². The molecule has 0 atom stereocenters. The van der Waals surface area contributed by atoms with Crippen molar-refractivity contribution in [2.75, 3.05) is 17.7 Å². The SMILES string of the molecule is COc1ccc(-c2cccc(C(=O)Nc3ccc(NC(C)=O)cc3)n2)cn1. The van der Waals surface area contributed by atoms with Crippen molar-refractivity contribution >= 4 is 23.2 Å². The lowest BCUT2D eigenvalue weighted by atomic mass is 10.2. The quantitative estimate of drug-likeness (QED) is 0.726. The minimum absolute atomic E-state index is 0.152. The van der Waals surface area contributed by atoms with E-state index in [-0.39, 0.29) is 17.5 Å². The van der Waals surface area contributed by atoms with Crippen molar-refractivity contribution in [3.63, 3.8) is 0 Å². The van der Waals surface area contributed by atoms with Gasteiger partial charge in [0.15, 0.2) is 0 Å². The van der Waals surface area contributed by atoms with Crippen LogP contribution in [0.1, 0.15) is 17.4 Å². The summed E-state index contributed by atoms with van der Waals surface area (Å²) in [5.74, 6) is 0.0294. The van der Waals surface area contributed by atoms with Crippen LogP contribution in [0.5, 0.6) is 5.88 Å². The summed E-state index contributed by atoms with van der Waals surface area (Å²) in [5, 5.41) is 5.46. The zero-order valence-corrected chi connectivity index (χ0v) is 14.9. The van der Waals surface area contributed by atoms with Crippen molar-refractivity contribution in [3.8, 4) is 17.1 Å². The van der Waals surface area contributed by atoms with Gasteiger partial charge in [-0.1, -0.05) is 6.07 Å². The standard InChI is InChI=1S/C20H18N4O3/c1-13(25)22-15-7-9-16(10-8-15)23-20(26)18-5-3-4-17(24-18)14-6-11-19(27-2)21-12-14/h3-12H,1-2H3,(H,22,25)(H,23,26). The molecule has 3 aromatic rings. The summed E-state index contributed by atoms with van der Waals surface area (Å²) in [6.45, 7) is 1.44. The van der Waals surface area contributed by atoms with Gasteiger partial charge >= 0.3 is 0 Å². The molecule has 0 unspecified atom stereocenters. The molecule has 0 aliphatic rings. The Morgan fingerprint density at radius 2 is 1.63 bits per heavy atom. The molecule has 2 aromatic heterocycles. The molecule has 0 bridgehead atoms. The van der Waals surface area contributed by atoms with Crippen molar-refractivity contribution < 1.29 is 14.3 Å². The summed E-state index contributed by atoms with van der Waals surface area (Å²) in [4.78, 5) is 32.1. The van der Waals surface area contributed by atoms with E-state index in [1.165, 1.54) is 6.92 Å². The van der Waals surface area contributed by atoms with Crippen molar-refractivity contribution in [2.45, 2.75) is 6.92 Å². The fourth-order valence-corrected chi connectivity index (χ4v) is 2.41. The Hall–Kier alpha value is -3.74. The fourth-order valence-electron chi connectivity index (χ4n) is 2.41. The Morgan fingerprint density at radius 3 is 2.22 bits per heavy atom. The molecule has 0 spiro atoms. The molecule has 0 saturated heterocycles. The number of methoxy groups -OCH3 is 1. The average Bonchev–Trinajstić information content (AvgIpc) is 2.69. The van der Waals surface area contributed by atoms with Crippen LogP contribution in [0.25, 0.3) is 11.3 Å². The van der Waals surface area contributed by atoms with E-state index in [0.29, 0.717) is 22.9 Å². The second kappa shape index (κ2) is 8.09. The number of hydrogen-bond donors (Lipinski definition) is 2. The first-order valence-corrected chi connectivity index (χ1v) is 8.21. The summed E-state index contributed by atoms with van der Waals surface area (Å²) in [6, 6.07) is 15.6. The minimum atomic E-state index is -0.328. The van der Waals surface area contributed by atoms with Gasteiger partial charge in [0.1, 0.15) is 5.69 Å².